The second-order valence-electron chi connectivity index (χ2n) is 8.32. The van der Waals surface area contributed by atoms with Crippen molar-refractivity contribution in [2.75, 3.05) is 45.0 Å². The molecule has 2 aliphatic heterocycles. The van der Waals surface area contributed by atoms with Crippen LogP contribution in [-0.4, -0.2) is 104 Å². The monoisotopic (exact) mass is 557 g/mol. The standard InChI is InChI=1S/C20H25FN8O6S2/c1-3-29(2,7-11(22)30)6-4-5-10-8-36-18-13(17(32)28(18)14(10)19(33)34)24-16(31)12(26-35-9-21)15-25-20(23)37-27-15/h4-5,13,18H,3,6-9H2,1-2H3,(H5-,22,23,24,25,27,30,31,33,34)/p+1/b5-4+,26-12-/t13-,18+,29?/m1/s1. The molecule has 0 spiro atoms. The average Bonchev–Trinajstić information content (AvgIpc) is 3.27. The highest BCUT2D eigenvalue weighted by molar-refractivity contribution is 8.00. The van der Waals surface area contributed by atoms with E-state index in [0.717, 1.165) is 16.4 Å². The number of aliphatic carboxylic acids is 1. The number of nitrogen functional groups attached to an aromatic ring is 1. The molecule has 1 unspecified atom stereocenters. The predicted molar refractivity (Wildman–Crippen MR) is 132 cm³/mol. The summed E-state index contributed by atoms with van der Waals surface area (Å²) in [5.41, 5.74) is 10.6. The zero-order valence-electron chi connectivity index (χ0n) is 19.9. The first-order chi connectivity index (χ1) is 17.5. The fraction of sp³-hybridized carbons (Fsp3) is 0.450. The summed E-state index contributed by atoms with van der Waals surface area (Å²) in [6.07, 6.45) is 3.37. The number of amides is 3. The van der Waals surface area contributed by atoms with E-state index in [-0.39, 0.29) is 29.0 Å². The van der Waals surface area contributed by atoms with Crippen molar-refractivity contribution in [2.45, 2.75) is 18.3 Å². The Labute approximate surface area is 218 Å². The van der Waals surface area contributed by atoms with E-state index in [2.05, 4.69) is 24.7 Å². The van der Waals surface area contributed by atoms with Crippen molar-refractivity contribution in [1.29, 1.82) is 0 Å². The average molecular weight is 558 g/mol. The minimum atomic E-state index is -1.31. The number of halogens is 1. The van der Waals surface area contributed by atoms with Gasteiger partial charge in [0.15, 0.2) is 11.7 Å². The number of β-lactam (4-membered cyclic amide) rings is 1. The quantitative estimate of drug-likeness (QED) is 0.107. The number of primary amides is 1. The number of carboxylic acids is 1. The largest absolute Gasteiger partial charge is 0.477 e. The van der Waals surface area contributed by atoms with Gasteiger partial charge in [-0.3, -0.25) is 19.3 Å². The highest BCUT2D eigenvalue weighted by Crippen LogP contribution is 2.40. The van der Waals surface area contributed by atoms with Gasteiger partial charge in [-0.15, -0.1) is 11.8 Å². The number of aromatic nitrogens is 2. The van der Waals surface area contributed by atoms with Crippen LogP contribution < -0.4 is 16.8 Å². The fourth-order valence-corrected chi connectivity index (χ4v) is 5.47. The summed E-state index contributed by atoms with van der Waals surface area (Å²) in [4.78, 5) is 58.4. The number of hydrogen-bond donors (Lipinski definition) is 4. The van der Waals surface area contributed by atoms with Gasteiger partial charge in [0.05, 0.1) is 20.1 Å². The second kappa shape index (κ2) is 11.7. The second-order valence-corrected chi connectivity index (χ2v) is 10.2. The van der Waals surface area contributed by atoms with E-state index in [0.29, 0.717) is 23.1 Å². The molecule has 0 bridgehead atoms. The highest BCUT2D eigenvalue weighted by atomic mass is 32.2. The van der Waals surface area contributed by atoms with Crippen LogP contribution in [0.25, 0.3) is 0 Å². The number of hydrogen-bond acceptors (Lipinski definition) is 11. The van der Waals surface area contributed by atoms with Crippen LogP contribution in [0.4, 0.5) is 9.52 Å². The van der Waals surface area contributed by atoms with Gasteiger partial charge < -0.3 is 31.2 Å². The molecule has 3 amide bonds. The van der Waals surface area contributed by atoms with Crippen molar-refractivity contribution in [3.63, 3.8) is 0 Å². The number of nitrogens with one attached hydrogen (secondary N) is 1. The molecule has 17 heteroatoms. The lowest BCUT2D eigenvalue weighted by molar-refractivity contribution is -0.894. The van der Waals surface area contributed by atoms with E-state index in [1.54, 1.807) is 12.2 Å². The van der Waals surface area contributed by atoms with E-state index in [1.807, 2.05) is 14.0 Å². The number of oxime groups is 1. The number of alkyl halides is 1. The van der Waals surface area contributed by atoms with Crippen LogP contribution in [0, 0.1) is 0 Å². The first-order valence-electron chi connectivity index (χ1n) is 10.9. The van der Waals surface area contributed by atoms with Gasteiger partial charge in [-0.1, -0.05) is 11.2 Å². The van der Waals surface area contributed by atoms with Crippen molar-refractivity contribution in [3.8, 4) is 0 Å². The third-order valence-electron chi connectivity index (χ3n) is 5.73. The molecule has 1 saturated heterocycles. The van der Waals surface area contributed by atoms with Gasteiger partial charge in [-0.2, -0.15) is 9.36 Å². The molecular formula is C20H26FN8O6S2+. The lowest BCUT2D eigenvalue weighted by Gasteiger charge is -2.49. The van der Waals surface area contributed by atoms with Crippen molar-refractivity contribution in [2.24, 2.45) is 10.9 Å². The van der Waals surface area contributed by atoms with E-state index in [9.17, 15) is 28.7 Å². The first kappa shape index (κ1) is 28.0. The third kappa shape index (κ3) is 6.23. The number of fused-ring (bicyclic) bond motifs is 1. The molecule has 0 saturated carbocycles. The molecule has 0 radical (unpaired) electrons. The molecule has 0 aliphatic carbocycles. The Bertz CT molecular complexity index is 1190. The summed E-state index contributed by atoms with van der Waals surface area (Å²) in [7, 11) is 1.85. The van der Waals surface area contributed by atoms with Crippen molar-refractivity contribution in [3.05, 3.63) is 29.2 Å². The predicted octanol–water partition coefficient (Wildman–Crippen LogP) is -0.985. The maximum atomic E-state index is 12.9. The van der Waals surface area contributed by atoms with Gasteiger partial charge in [0.25, 0.3) is 24.6 Å². The molecule has 6 N–H and O–H groups in total. The number of allylic oxidation sites excluding steroid dienone is 1. The van der Waals surface area contributed by atoms with Gasteiger partial charge in [-0.05, 0) is 18.6 Å². The molecule has 2 aliphatic rings. The Hall–Kier alpha value is -3.57. The third-order valence-corrected chi connectivity index (χ3v) is 7.57. The minimum Gasteiger partial charge on any atom is -0.477 e. The van der Waals surface area contributed by atoms with Crippen molar-refractivity contribution in [1.82, 2.24) is 19.6 Å². The summed E-state index contributed by atoms with van der Waals surface area (Å²) in [5, 5.41) is 15.0. The summed E-state index contributed by atoms with van der Waals surface area (Å²) >= 11 is 2.04. The Kier molecular flexibility index (Phi) is 8.82. The van der Waals surface area contributed by atoms with Crippen molar-refractivity contribution >= 4 is 57.8 Å². The maximum absolute atomic E-state index is 12.9. The Morgan fingerprint density at radius 1 is 1.43 bits per heavy atom. The number of nitrogens with zero attached hydrogens (tertiary/aromatic N) is 5. The molecule has 37 heavy (non-hydrogen) atoms. The van der Waals surface area contributed by atoms with Crippen LogP contribution in [0.5, 0.6) is 0 Å². The van der Waals surface area contributed by atoms with Gasteiger partial charge >= 0.3 is 5.97 Å². The Morgan fingerprint density at radius 3 is 2.73 bits per heavy atom. The number of carboxylic acid groups (broad SMARTS) is 1. The first-order valence-corrected chi connectivity index (χ1v) is 12.7. The molecule has 1 fully saturated rings. The van der Waals surface area contributed by atoms with Gasteiger partial charge in [0.2, 0.25) is 11.5 Å². The number of nitrogens with two attached hydrogens (primary N) is 2. The topological polar surface area (TPSA) is 203 Å². The summed E-state index contributed by atoms with van der Waals surface area (Å²) in [6.45, 7) is 1.78. The normalized spacial score (nSPS) is 21.3. The number of carbonyl (C=O) groups excluding carboxylic acids is 3. The lowest BCUT2D eigenvalue weighted by Crippen LogP contribution is -2.71. The minimum absolute atomic E-state index is 0.0361. The van der Waals surface area contributed by atoms with Crippen molar-refractivity contribution < 1.29 is 38.0 Å². The van der Waals surface area contributed by atoms with E-state index < -0.39 is 47.7 Å². The van der Waals surface area contributed by atoms with Crippen LogP contribution in [-0.2, 0) is 24.0 Å². The number of thioether (sulfide) groups is 1. The Morgan fingerprint density at radius 2 is 2.16 bits per heavy atom. The molecule has 14 nitrogen and oxygen atoms in total. The molecule has 200 valence electrons. The summed E-state index contributed by atoms with van der Waals surface area (Å²) in [5.74, 6) is -3.26. The number of rotatable bonds is 12. The number of anilines is 1. The molecule has 0 aromatic carbocycles. The zero-order chi connectivity index (χ0) is 27.3. The van der Waals surface area contributed by atoms with Gasteiger partial charge in [0, 0.05) is 17.3 Å². The van der Waals surface area contributed by atoms with E-state index >= 15 is 0 Å². The van der Waals surface area contributed by atoms with Crippen LogP contribution in [0.1, 0.15) is 12.7 Å². The number of carbonyl (C=O) groups is 4. The molecule has 1 aromatic heterocycles. The SMILES string of the molecule is CC[N+](C)(C/C=C/C1=C(C(=O)O)N2C(=O)[C@@H](NC(=O)/C(=N\OCF)c3nsc(N)n3)[C@@H]2SC1)CC(N)=O. The zero-order valence-corrected chi connectivity index (χ0v) is 21.6. The fourth-order valence-electron chi connectivity index (χ4n) is 3.72. The molecule has 3 atom stereocenters. The van der Waals surface area contributed by atoms with Crippen LogP contribution in [0.2, 0.25) is 0 Å². The molecular weight excluding hydrogens is 531 g/mol. The van der Waals surface area contributed by atoms with Crippen LogP contribution in [0.3, 0.4) is 0 Å². The summed E-state index contributed by atoms with van der Waals surface area (Å²) < 4.78 is 16.7. The smallest absolute Gasteiger partial charge is 0.352 e. The molecule has 3 heterocycles. The van der Waals surface area contributed by atoms with Gasteiger partial charge in [0.1, 0.15) is 17.1 Å². The van der Waals surface area contributed by atoms with Gasteiger partial charge in [-0.25, -0.2) is 9.18 Å². The maximum Gasteiger partial charge on any atom is 0.352 e. The number of likely N-dealkylation sites (N-methyl/N-ethyl adjacent to an activating group) is 1. The number of quaternary nitrogens is 1. The highest BCUT2D eigenvalue weighted by Gasteiger charge is 2.54. The lowest BCUT2D eigenvalue weighted by atomic mass is 10.0. The Balaban J connectivity index is 1.76. The molecule has 1 aromatic rings. The van der Waals surface area contributed by atoms with E-state index in [1.165, 1.54) is 11.8 Å². The summed E-state index contributed by atoms with van der Waals surface area (Å²) in [6, 6.07) is -1.07. The molecule has 3 rings (SSSR count). The van der Waals surface area contributed by atoms with Crippen LogP contribution in [0.15, 0.2) is 28.6 Å². The van der Waals surface area contributed by atoms with E-state index in [4.69, 9.17) is 11.5 Å². The van der Waals surface area contributed by atoms with Crippen LogP contribution >= 0.6 is 23.3 Å².